The maximum absolute atomic E-state index is 13.7. The first-order valence-electron chi connectivity index (χ1n) is 14.5. The average Bonchev–Trinajstić information content (AvgIpc) is 3.58. The van der Waals surface area contributed by atoms with Gasteiger partial charge in [0.05, 0.1) is 58.4 Å². The molecule has 2 aromatic carbocycles. The first-order chi connectivity index (χ1) is 22.2. The molecular formula is C32H30ClN9O4S. The molecule has 5 aromatic rings. The summed E-state index contributed by atoms with van der Waals surface area (Å²) in [7, 11) is -2.16. The molecule has 0 saturated carbocycles. The van der Waals surface area contributed by atoms with Crippen LogP contribution in [0, 0.1) is 25.2 Å². The molecule has 0 bridgehead atoms. The Morgan fingerprint density at radius 3 is 2.55 bits per heavy atom. The number of carbonyl (C=O) groups excluding carboxylic acids is 1. The molecule has 0 fully saturated rings. The normalized spacial score (nSPS) is 13.3. The molecule has 47 heavy (non-hydrogen) atoms. The number of halogens is 1. The fraction of sp³-hybridized carbons (Fsp3) is 0.250. The summed E-state index contributed by atoms with van der Waals surface area (Å²) >= 11 is 6.04. The van der Waals surface area contributed by atoms with E-state index < -0.39 is 22.0 Å². The van der Waals surface area contributed by atoms with Crippen LogP contribution in [0.3, 0.4) is 0 Å². The van der Waals surface area contributed by atoms with Crippen LogP contribution in [-0.4, -0.2) is 44.9 Å². The maximum Gasteiger partial charge on any atom is 0.285 e. The first kappa shape index (κ1) is 31.7. The van der Waals surface area contributed by atoms with E-state index in [9.17, 15) is 23.3 Å². The number of nitrogens with one attached hydrogen (secondary N) is 2. The lowest BCUT2D eigenvalue weighted by Crippen LogP contribution is -2.31. The Morgan fingerprint density at radius 2 is 1.87 bits per heavy atom. The number of hydrogen-bond acceptors (Lipinski definition) is 10. The maximum atomic E-state index is 13.7. The van der Waals surface area contributed by atoms with Gasteiger partial charge >= 0.3 is 0 Å². The van der Waals surface area contributed by atoms with E-state index in [0.717, 1.165) is 34.3 Å². The Morgan fingerprint density at radius 1 is 1.11 bits per heavy atom. The number of rotatable bonds is 7. The molecule has 1 atom stereocenters. The van der Waals surface area contributed by atoms with Crippen LogP contribution in [0.5, 0.6) is 0 Å². The monoisotopic (exact) mass is 671 g/mol. The van der Waals surface area contributed by atoms with E-state index in [1.807, 2.05) is 59.5 Å². The molecule has 13 nitrogen and oxygen atoms in total. The van der Waals surface area contributed by atoms with E-state index in [1.165, 1.54) is 10.6 Å². The Hall–Kier alpha value is -5.26. The molecule has 0 spiro atoms. The molecule has 0 radical (unpaired) electrons. The van der Waals surface area contributed by atoms with Gasteiger partial charge in [-0.1, -0.05) is 17.7 Å². The Bertz CT molecular complexity index is 2300. The average molecular weight is 672 g/mol. The molecule has 0 aliphatic carbocycles. The van der Waals surface area contributed by atoms with Crippen LogP contribution < -0.4 is 20.5 Å². The van der Waals surface area contributed by atoms with E-state index in [-0.39, 0.29) is 22.1 Å². The molecule has 2 N–H and O–H groups in total. The van der Waals surface area contributed by atoms with Crippen molar-refractivity contribution in [2.45, 2.75) is 39.9 Å². The van der Waals surface area contributed by atoms with Crippen molar-refractivity contribution in [2.75, 3.05) is 16.5 Å². The number of nitriles is 1. The number of sulfonamides is 1. The van der Waals surface area contributed by atoms with Crippen LogP contribution in [0.1, 0.15) is 57.0 Å². The van der Waals surface area contributed by atoms with Crippen LogP contribution in [0.4, 0.5) is 11.6 Å². The summed E-state index contributed by atoms with van der Waals surface area (Å²) in [6.07, 6.45) is 2.83. The third kappa shape index (κ3) is 6.15. The fourth-order valence-corrected chi connectivity index (χ4v) is 6.39. The SMILES string of the molecule is Cc1cc([C@@H](C)Nc2ccc(Cl)nc2C(=O)NS(C)(=O)=O)c2nc(N3Cc4cn(-c5ccc(C#N)cc5C)nc4C3)n(C)c(=O)c2c1. The van der Waals surface area contributed by atoms with Gasteiger partial charge in [-0.2, -0.15) is 10.4 Å². The van der Waals surface area contributed by atoms with Gasteiger partial charge in [-0.05, 0) is 68.3 Å². The highest BCUT2D eigenvalue weighted by Gasteiger charge is 2.28. The number of anilines is 2. The van der Waals surface area contributed by atoms with Crippen LogP contribution in [0.2, 0.25) is 5.15 Å². The Kier molecular flexibility index (Phi) is 7.98. The first-order valence-corrected chi connectivity index (χ1v) is 16.8. The Labute approximate surface area is 275 Å². The molecule has 1 aliphatic rings. The highest BCUT2D eigenvalue weighted by molar-refractivity contribution is 7.89. The third-order valence-corrected chi connectivity index (χ3v) is 8.72. The lowest BCUT2D eigenvalue weighted by molar-refractivity contribution is 0.0977. The number of aryl methyl sites for hydroxylation is 2. The molecule has 0 saturated heterocycles. The van der Waals surface area contributed by atoms with E-state index in [1.54, 1.807) is 25.2 Å². The van der Waals surface area contributed by atoms with Crippen molar-refractivity contribution in [3.8, 4) is 11.8 Å². The second kappa shape index (κ2) is 11.8. The standard InChI is InChI=1S/C32H30ClN9O4S/c1-17-10-22(19(3)35-24-7-9-27(33)36-29(24)30(43)39-47(5,45)46)28-23(11-17)31(44)40(4)32(37-28)41-14-21-15-42(38-25(21)16-41)26-8-6-20(13-34)12-18(26)2/h6-12,15,19,35H,14,16H2,1-5H3,(H,39,43)/t19-/m1/s1. The summed E-state index contributed by atoms with van der Waals surface area (Å²) in [5.41, 5.74) is 6.12. The molecular weight excluding hydrogens is 642 g/mol. The number of pyridine rings is 1. The van der Waals surface area contributed by atoms with Gasteiger partial charge in [0.1, 0.15) is 5.15 Å². The number of amides is 1. The summed E-state index contributed by atoms with van der Waals surface area (Å²) in [4.78, 5) is 37.6. The van der Waals surface area contributed by atoms with Crippen molar-refractivity contribution in [1.82, 2.24) is 29.0 Å². The molecule has 4 heterocycles. The number of fused-ring (bicyclic) bond motifs is 2. The van der Waals surface area contributed by atoms with Crippen LogP contribution in [0.25, 0.3) is 16.6 Å². The zero-order valence-corrected chi connectivity index (χ0v) is 27.7. The van der Waals surface area contributed by atoms with Crippen LogP contribution in [-0.2, 0) is 30.2 Å². The van der Waals surface area contributed by atoms with Gasteiger partial charge in [-0.3, -0.25) is 14.2 Å². The smallest absolute Gasteiger partial charge is 0.285 e. The van der Waals surface area contributed by atoms with Crippen molar-refractivity contribution in [3.63, 3.8) is 0 Å². The van der Waals surface area contributed by atoms with Gasteiger partial charge in [0.2, 0.25) is 16.0 Å². The van der Waals surface area contributed by atoms with E-state index >= 15 is 0 Å². The molecule has 1 aliphatic heterocycles. The third-order valence-electron chi connectivity index (χ3n) is 7.96. The predicted octanol–water partition coefficient (Wildman–Crippen LogP) is 4.04. The lowest BCUT2D eigenvalue weighted by atomic mass is 10.0. The quantitative estimate of drug-likeness (QED) is 0.241. The van der Waals surface area contributed by atoms with Gasteiger partial charge in [0.15, 0.2) is 5.69 Å². The van der Waals surface area contributed by atoms with Crippen molar-refractivity contribution in [3.05, 3.63) is 103 Å². The van der Waals surface area contributed by atoms with Gasteiger partial charge in [0, 0.05) is 30.9 Å². The minimum atomic E-state index is -3.85. The van der Waals surface area contributed by atoms with Crippen molar-refractivity contribution >= 4 is 50.1 Å². The zero-order chi connectivity index (χ0) is 33.8. The second-order valence-corrected chi connectivity index (χ2v) is 13.8. The lowest BCUT2D eigenvalue weighted by Gasteiger charge is -2.23. The second-order valence-electron chi connectivity index (χ2n) is 11.6. The molecule has 240 valence electrons. The topological polar surface area (TPSA) is 168 Å². The summed E-state index contributed by atoms with van der Waals surface area (Å²) in [5, 5.41) is 17.7. The minimum absolute atomic E-state index is 0.0166. The highest BCUT2D eigenvalue weighted by atomic mass is 35.5. The molecule has 3 aromatic heterocycles. The van der Waals surface area contributed by atoms with Gasteiger partial charge in [-0.25, -0.2) is 27.8 Å². The van der Waals surface area contributed by atoms with Gasteiger partial charge in [0.25, 0.3) is 11.5 Å². The molecule has 15 heteroatoms. The highest BCUT2D eigenvalue weighted by Crippen LogP contribution is 2.32. The molecule has 6 rings (SSSR count). The van der Waals surface area contributed by atoms with Crippen molar-refractivity contribution < 1.29 is 13.2 Å². The molecule has 1 amide bonds. The van der Waals surface area contributed by atoms with Crippen molar-refractivity contribution in [2.24, 2.45) is 7.05 Å². The van der Waals surface area contributed by atoms with E-state index in [0.29, 0.717) is 41.1 Å². The van der Waals surface area contributed by atoms with Gasteiger partial charge in [-0.15, -0.1) is 0 Å². The predicted molar refractivity (Wildman–Crippen MR) is 178 cm³/mol. The van der Waals surface area contributed by atoms with E-state index in [2.05, 4.69) is 16.4 Å². The fourth-order valence-electron chi connectivity index (χ4n) is 5.81. The summed E-state index contributed by atoms with van der Waals surface area (Å²) in [5.74, 6) is -0.460. The van der Waals surface area contributed by atoms with E-state index in [4.69, 9.17) is 21.7 Å². The van der Waals surface area contributed by atoms with Crippen LogP contribution in [0.15, 0.2) is 53.5 Å². The van der Waals surface area contributed by atoms with Gasteiger partial charge < -0.3 is 10.2 Å². The number of carbonyl (C=O) groups is 1. The Balaban J connectivity index is 1.34. The number of benzene rings is 2. The number of nitrogens with zero attached hydrogens (tertiary/aromatic N) is 7. The summed E-state index contributed by atoms with van der Waals surface area (Å²) < 4.78 is 28.8. The van der Waals surface area contributed by atoms with Crippen LogP contribution >= 0.6 is 11.6 Å². The number of aromatic nitrogens is 5. The van der Waals surface area contributed by atoms with Crippen molar-refractivity contribution in [1.29, 1.82) is 5.26 Å². The minimum Gasteiger partial charge on any atom is -0.377 e. The molecule has 0 unspecified atom stereocenters. The summed E-state index contributed by atoms with van der Waals surface area (Å²) in [6.45, 7) is 6.59. The summed E-state index contributed by atoms with van der Waals surface area (Å²) in [6, 6.07) is 13.9. The largest absolute Gasteiger partial charge is 0.377 e. The zero-order valence-electron chi connectivity index (χ0n) is 26.2. The number of hydrogen-bond donors (Lipinski definition) is 2.